The van der Waals surface area contributed by atoms with Gasteiger partial charge in [-0.2, -0.15) is 0 Å². The Labute approximate surface area is 120 Å². The van der Waals surface area contributed by atoms with Gasteiger partial charge in [-0.25, -0.2) is 0 Å². The van der Waals surface area contributed by atoms with Gasteiger partial charge in [-0.15, -0.1) is 0 Å². The summed E-state index contributed by atoms with van der Waals surface area (Å²) in [4.78, 5) is 11.9. The first-order valence-corrected chi connectivity index (χ1v) is 6.91. The number of carbonyl (C=O) groups is 1. The molecule has 0 aliphatic rings. The number of hydrogen-bond donors (Lipinski definition) is 4. The van der Waals surface area contributed by atoms with E-state index in [1.165, 1.54) is 5.56 Å². The first-order chi connectivity index (χ1) is 9.56. The van der Waals surface area contributed by atoms with Crippen molar-refractivity contribution in [3.8, 4) is 0 Å². The lowest BCUT2D eigenvalue weighted by Gasteiger charge is -2.15. The fraction of sp³-hybridized carbons (Fsp3) is 0.533. The number of rotatable bonds is 8. The van der Waals surface area contributed by atoms with Crippen molar-refractivity contribution in [2.75, 3.05) is 25.1 Å². The third-order valence-electron chi connectivity index (χ3n) is 2.87. The number of aliphatic hydroxyl groups excluding tert-OH is 2. The third kappa shape index (κ3) is 5.69. The zero-order chi connectivity index (χ0) is 15.0. The van der Waals surface area contributed by atoms with Crippen LogP contribution in [0.4, 0.5) is 5.69 Å². The smallest absolute Gasteiger partial charge is 0.243 e. The quantitative estimate of drug-likeness (QED) is 0.567. The number of amides is 1. The molecule has 1 aromatic rings. The molecule has 0 heterocycles. The second-order valence-corrected chi connectivity index (χ2v) is 5.20. The van der Waals surface area contributed by atoms with Crippen LogP contribution < -0.4 is 10.6 Å². The van der Waals surface area contributed by atoms with Crippen LogP contribution in [0.15, 0.2) is 24.3 Å². The van der Waals surface area contributed by atoms with Crippen LogP contribution in [0.1, 0.15) is 19.4 Å². The van der Waals surface area contributed by atoms with Gasteiger partial charge in [-0.05, 0) is 30.0 Å². The number of benzene rings is 1. The van der Waals surface area contributed by atoms with E-state index < -0.39 is 6.04 Å². The highest BCUT2D eigenvalue weighted by atomic mass is 16.3. The Morgan fingerprint density at radius 1 is 1.20 bits per heavy atom. The summed E-state index contributed by atoms with van der Waals surface area (Å²) in [5.41, 5.74) is 1.93. The molecular formula is C15H24N2O3. The summed E-state index contributed by atoms with van der Waals surface area (Å²) < 4.78 is 0. The normalized spacial score (nSPS) is 12.4. The SMILES string of the molecule is CC(C)Cc1ccc(NC(=O)C(CO)NCCO)cc1. The van der Waals surface area contributed by atoms with Gasteiger partial charge in [0.15, 0.2) is 0 Å². The molecule has 0 fully saturated rings. The number of anilines is 1. The van der Waals surface area contributed by atoms with Gasteiger partial charge in [-0.3, -0.25) is 4.79 Å². The summed E-state index contributed by atoms with van der Waals surface area (Å²) in [5.74, 6) is 0.287. The Kier molecular flexibility index (Phi) is 7.22. The third-order valence-corrected chi connectivity index (χ3v) is 2.87. The van der Waals surface area contributed by atoms with Crippen molar-refractivity contribution >= 4 is 11.6 Å². The first-order valence-electron chi connectivity index (χ1n) is 6.91. The summed E-state index contributed by atoms with van der Waals surface area (Å²) in [6.07, 6.45) is 1.01. The zero-order valence-electron chi connectivity index (χ0n) is 12.1. The highest BCUT2D eigenvalue weighted by molar-refractivity contribution is 5.94. The Hall–Kier alpha value is -1.43. The van der Waals surface area contributed by atoms with E-state index in [1.54, 1.807) is 0 Å². The van der Waals surface area contributed by atoms with Crippen LogP contribution in [0.2, 0.25) is 0 Å². The molecule has 5 heteroatoms. The number of carbonyl (C=O) groups excluding carboxylic acids is 1. The van der Waals surface area contributed by atoms with Crippen LogP contribution in [-0.4, -0.2) is 41.9 Å². The van der Waals surface area contributed by atoms with E-state index in [2.05, 4.69) is 24.5 Å². The van der Waals surface area contributed by atoms with Gasteiger partial charge < -0.3 is 20.8 Å². The molecule has 0 aliphatic carbocycles. The average molecular weight is 280 g/mol. The van der Waals surface area contributed by atoms with Gasteiger partial charge in [0, 0.05) is 12.2 Å². The second kappa shape index (κ2) is 8.68. The van der Waals surface area contributed by atoms with Crippen LogP contribution >= 0.6 is 0 Å². The minimum atomic E-state index is -0.711. The second-order valence-electron chi connectivity index (χ2n) is 5.20. The maximum absolute atomic E-state index is 11.9. The highest BCUT2D eigenvalue weighted by Gasteiger charge is 2.16. The van der Waals surface area contributed by atoms with Crippen LogP contribution in [0.5, 0.6) is 0 Å². The number of aliphatic hydroxyl groups is 2. The summed E-state index contributed by atoms with van der Waals surface area (Å²) in [6, 6.07) is 6.99. The van der Waals surface area contributed by atoms with Gasteiger partial charge in [0.05, 0.1) is 13.2 Å². The lowest BCUT2D eigenvalue weighted by Crippen LogP contribution is -2.44. The molecule has 0 radical (unpaired) electrons. The van der Waals surface area contributed by atoms with Crippen LogP contribution in [0.3, 0.4) is 0 Å². The Balaban J connectivity index is 2.56. The van der Waals surface area contributed by atoms with Crippen LogP contribution in [0, 0.1) is 5.92 Å². The van der Waals surface area contributed by atoms with E-state index in [0.29, 0.717) is 11.6 Å². The molecule has 0 bridgehead atoms. The first kappa shape index (κ1) is 16.6. The van der Waals surface area contributed by atoms with Gasteiger partial charge in [0.25, 0.3) is 0 Å². The Morgan fingerprint density at radius 2 is 1.85 bits per heavy atom. The summed E-state index contributed by atoms with van der Waals surface area (Å²) in [7, 11) is 0. The standard InChI is InChI=1S/C15H24N2O3/c1-11(2)9-12-3-5-13(6-4-12)17-15(20)14(10-19)16-7-8-18/h3-6,11,14,16,18-19H,7-10H2,1-2H3,(H,17,20). The molecule has 1 unspecified atom stereocenters. The maximum atomic E-state index is 11.9. The molecule has 1 amide bonds. The summed E-state index contributed by atoms with van der Waals surface area (Å²) in [5, 5.41) is 23.4. The van der Waals surface area contributed by atoms with E-state index in [0.717, 1.165) is 6.42 Å². The molecule has 0 saturated carbocycles. The molecule has 4 N–H and O–H groups in total. The molecule has 5 nitrogen and oxygen atoms in total. The minimum absolute atomic E-state index is 0.0757. The van der Waals surface area contributed by atoms with Crippen molar-refractivity contribution in [1.82, 2.24) is 5.32 Å². The van der Waals surface area contributed by atoms with Crippen molar-refractivity contribution in [3.63, 3.8) is 0 Å². The molecule has 0 aromatic heterocycles. The van der Waals surface area contributed by atoms with Crippen molar-refractivity contribution < 1.29 is 15.0 Å². The maximum Gasteiger partial charge on any atom is 0.243 e. The molecule has 0 aliphatic heterocycles. The van der Waals surface area contributed by atoms with Crippen LogP contribution in [-0.2, 0) is 11.2 Å². The monoisotopic (exact) mass is 280 g/mol. The molecular weight excluding hydrogens is 256 g/mol. The van der Waals surface area contributed by atoms with Crippen molar-refractivity contribution in [2.45, 2.75) is 26.3 Å². The van der Waals surface area contributed by atoms with Crippen LogP contribution in [0.25, 0.3) is 0 Å². The summed E-state index contributed by atoms with van der Waals surface area (Å²) in [6.45, 7) is 4.21. The summed E-state index contributed by atoms with van der Waals surface area (Å²) >= 11 is 0. The van der Waals surface area contributed by atoms with Gasteiger partial charge in [-0.1, -0.05) is 26.0 Å². The molecule has 20 heavy (non-hydrogen) atoms. The van der Waals surface area contributed by atoms with Crippen molar-refractivity contribution in [2.24, 2.45) is 5.92 Å². The molecule has 1 atom stereocenters. The number of hydrogen-bond acceptors (Lipinski definition) is 4. The molecule has 1 aromatic carbocycles. The van der Waals surface area contributed by atoms with Gasteiger partial charge in [0.2, 0.25) is 5.91 Å². The lowest BCUT2D eigenvalue weighted by molar-refractivity contribution is -0.119. The van der Waals surface area contributed by atoms with Gasteiger partial charge in [0.1, 0.15) is 6.04 Å². The molecule has 112 valence electrons. The van der Waals surface area contributed by atoms with Crippen molar-refractivity contribution in [1.29, 1.82) is 0 Å². The van der Waals surface area contributed by atoms with E-state index in [9.17, 15) is 4.79 Å². The zero-order valence-corrected chi connectivity index (χ0v) is 12.1. The Morgan fingerprint density at radius 3 is 2.35 bits per heavy atom. The van der Waals surface area contributed by atoms with E-state index in [-0.39, 0.29) is 25.7 Å². The molecule has 0 spiro atoms. The average Bonchev–Trinajstić information content (AvgIpc) is 2.41. The predicted octanol–water partition coefficient (Wildman–Crippen LogP) is 0.766. The fourth-order valence-corrected chi connectivity index (χ4v) is 1.90. The van der Waals surface area contributed by atoms with E-state index in [4.69, 9.17) is 10.2 Å². The largest absolute Gasteiger partial charge is 0.395 e. The predicted molar refractivity (Wildman–Crippen MR) is 79.6 cm³/mol. The highest BCUT2D eigenvalue weighted by Crippen LogP contribution is 2.13. The fourth-order valence-electron chi connectivity index (χ4n) is 1.90. The lowest BCUT2D eigenvalue weighted by atomic mass is 10.0. The van der Waals surface area contributed by atoms with E-state index >= 15 is 0 Å². The van der Waals surface area contributed by atoms with Gasteiger partial charge >= 0.3 is 0 Å². The van der Waals surface area contributed by atoms with Crippen molar-refractivity contribution in [3.05, 3.63) is 29.8 Å². The molecule has 1 rings (SSSR count). The Bertz CT molecular complexity index is 404. The molecule has 0 saturated heterocycles. The minimum Gasteiger partial charge on any atom is -0.395 e. The van der Waals surface area contributed by atoms with E-state index in [1.807, 2.05) is 24.3 Å². The topological polar surface area (TPSA) is 81.6 Å². The number of nitrogens with one attached hydrogen (secondary N) is 2.